The highest BCUT2D eigenvalue weighted by Crippen LogP contribution is 2.19. The molecule has 3 nitrogen and oxygen atoms in total. The molecule has 0 atom stereocenters. The van der Waals surface area contributed by atoms with Gasteiger partial charge in [-0.05, 0) is 18.0 Å². The van der Waals surface area contributed by atoms with Gasteiger partial charge >= 0.3 is 0 Å². The second-order valence-corrected chi connectivity index (χ2v) is 5.81. The molecule has 1 aromatic rings. The Morgan fingerprint density at radius 2 is 1.74 bits per heavy atom. The Bertz CT molecular complexity index is 459. The number of carbonyl (C=O) groups excluding carboxylic acids is 1. The van der Waals surface area contributed by atoms with E-state index in [-0.39, 0.29) is 11.2 Å². The van der Waals surface area contributed by atoms with Crippen molar-refractivity contribution in [2.45, 2.75) is 27.3 Å². The summed E-state index contributed by atoms with van der Waals surface area (Å²) in [5.41, 5.74) is 0.922. The molecule has 0 bridgehead atoms. The predicted octanol–water partition coefficient (Wildman–Crippen LogP) is 2.89. The first-order chi connectivity index (χ1) is 8.95. The molecule has 3 heteroatoms. The third-order valence-corrected chi connectivity index (χ3v) is 3.03. The van der Waals surface area contributed by atoms with Crippen molar-refractivity contribution in [2.75, 3.05) is 6.54 Å². The highest BCUT2D eigenvalue weighted by atomic mass is 16.1. The van der Waals surface area contributed by atoms with Gasteiger partial charge in [0.1, 0.15) is 0 Å². The van der Waals surface area contributed by atoms with Gasteiger partial charge in [0.25, 0.3) is 0 Å². The normalized spacial score (nSPS) is 15.1. The Morgan fingerprint density at radius 3 is 2.37 bits per heavy atom. The zero-order valence-electron chi connectivity index (χ0n) is 11.8. The minimum atomic E-state index is -0.303. The molecule has 0 saturated heterocycles. The standard InChI is InChI=1S/C16H20N2O/c1-16(2,3)15(19)12-18-10-9-17(13-18)11-14-7-5-4-6-8-14/h4-10H,11-12H2,1-3H3/q-1. The fourth-order valence-electron chi connectivity index (χ4n) is 1.74. The first-order valence-corrected chi connectivity index (χ1v) is 6.50. The molecule has 19 heavy (non-hydrogen) atoms. The first kappa shape index (κ1) is 13.7. The highest BCUT2D eigenvalue weighted by molar-refractivity contribution is 5.85. The van der Waals surface area contributed by atoms with Crippen LogP contribution >= 0.6 is 0 Å². The zero-order valence-corrected chi connectivity index (χ0v) is 11.8. The topological polar surface area (TPSA) is 23.6 Å². The van der Waals surface area contributed by atoms with Gasteiger partial charge in [-0.25, -0.2) is 0 Å². The molecule has 0 saturated carbocycles. The van der Waals surface area contributed by atoms with Gasteiger partial charge in [-0.15, -0.1) is 0 Å². The van der Waals surface area contributed by atoms with Crippen LogP contribution in [0.3, 0.4) is 0 Å². The van der Waals surface area contributed by atoms with Gasteiger partial charge in [0, 0.05) is 18.5 Å². The third-order valence-electron chi connectivity index (χ3n) is 3.03. The van der Waals surface area contributed by atoms with Gasteiger partial charge in [-0.2, -0.15) is 0 Å². The van der Waals surface area contributed by atoms with E-state index in [0.717, 1.165) is 6.54 Å². The van der Waals surface area contributed by atoms with E-state index in [2.05, 4.69) is 18.8 Å². The third kappa shape index (κ3) is 3.85. The van der Waals surface area contributed by atoms with Crippen LogP contribution in [-0.2, 0) is 11.3 Å². The summed E-state index contributed by atoms with van der Waals surface area (Å²) in [4.78, 5) is 15.7. The number of hydrogen-bond donors (Lipinski definition) is 0. The minimum absolute atomic E-state index is 0.214. The fraction of sp³-hybridized carbons (Fsp3) is 0.375. The van der Waals surface area contributed by atoms with E-state index in [9.17, 15) is 4.79 Å². The average molecular weight is 256 g/mol. The van der Waals surface area contributed by atoms with Crippen molar-refractivity contribution >= 4 is 5.78 Å². The molecule has 0 fully saturated rings. The van der Waals surface area contributed by atoms with Crippen LogP contribution in [0.2, 0.25) is 0 Å². The number of Topliss-reactive ketones (excluding diaryl/α,β-unsaturated/α-hetero) is 1. The van der Waals surface area contributed by atoms with Gasteiger partial charge in [-0.1, -0.05) is 51.1 Å². The van der Waals surface area contributed by atoms with Crippen LogP contribution in [0.25, 0.3) is 0 Å². The predicted molar refractivity (Wildman–Crippen MR) is 75.5 cm³/mol. The van der Waals surface area contributed by atoms with Crippen molar-refractivity contribution < 1.29 is 4.79 Å². The molecular formula is C16H20N2O-. The molecule has 1 aromatic carbocycles. The summed E-state index contributed by atoms with van der Waals surface area (Å²) in [5.74, 6) is 0.214. The van der Waals surface area contributed by atoms with Crippen LogP contribution < -0.4 is 0 Å². The van der Waals surface area contributed by atoms with Crippen LogP contribution in [0.5, 0.6) is 0 Å². The lowest BCUT2D eigenvalue weighted by molar-refractivity contribution is -0.126. The quantitative estimate of drug-likeness (QED) is 0.774. The molecule has 0 aliphatic carbocycles. The maximum absolute atomic E-state index is 12.0. The maximum atomic E-state index is 12.0. The molecule has 1 radical (unpaired) electrons. The van der Waals surface area contributed by atoms with E-state index in [1.807, 2.05) is 61.2 Å². The highest BCUT2D eigenvalue weighted by Gasteiger charge is 2.21. The molecule has 0 aromatic heterocycles. The molecule has 1 aliphatic heterocycles. The van der Waals surface area contributed by atoms with Crippen LogP contribution in [0, 0.1) is 12.1 Å². The van der Waals surface area contributed by atoms with Crippen LogP contribution in [0.15, 0.2) is 42.7 Å². The number of rotatable bonds is 4. The minimum Gasteiger partial charge on any atom is -0.529 e. The number of hydrogen-bond acceptors (Lipinski definition) is 3. The van der Waals surface area contributed by atoms with Crippen molar-refractivity contribution in [2.24, 2.45) is 5.41 Å². The lowest BCUT2D eigenvalue weighted by Crippen LogP contribution is -2.32. The zero-order chi connectivity index (χ0) is 13.9. The summed E-state index contributed by atoms with van der Waals surface area (Å²) in [6.45, 7) is 10.2. The van der Waals surface area contributed by atoms with Crippen molar-refractivity contribution in [3.05, 3.63) is 55.0 Å². The molecule has 101 valence electrons. The summed E-state index contributed by atoms with van der Waals surface area (Å²) in [7, 11) is 0. The molecule has 0 N–H and O–H groups in total. The monoisotopic (exact) mass is 256 g/mol. The summed E-state index contributed by atoms with van der Waals surface area (Å²) in [5, 5.41) is 0. The van der Waals surface area contributed by atoms with E-state index < -0.39 is 0 Å². The first-order valence-electron chi connectivity index (χ1n) is 6.50. The molecule has 0 spiro atoms. The lowest BCUT2D eigenvalue weighted by atomic mass is 9.91. The smallest absolute Gasteiger partial charge is 0.154 e. The summed E-state index contributed by atoms with van der Waals surface area (Å²) in [6.07, 6.45) is 3.84. The molecule has 2 rings (SSSR count). The second kappa shape index (κ2) is 5.47. The van der Waals surface area contributed by atoms with Gasteiger partial charge in [-0.3, -0.25) is 11.5 Å². The lowest BCUT2D eigenvalue weighted by Gasteiger charge is -2.37. The van der Waals surface area contributed by atoms with Gasteiger partial charge in [0.2, 0.25) is 0 Å². The summed E-state index contributed by atoms with van der Waals surface area (Å²) < 4.78 is 0. The second-order valence-electron chi connectivity index (χ2n) is 5.81. The number of ketones is 1. The molecule has 0 unspecified atom stereocenters. The Hall–Kier alpha value is -1.77. The van der Waals surface area contributed by atoms with Gasteiger partial charge in [0.05, 0.1) is 0 Å². The Kier molecular flexibility index (Phi) is 3.93. The number of carbonyl (C=O) groups is 1. The largest absolute Gasteiger partial charge is 0.529 e. The SMILES string of the molecule is CC(C)(C)C(=O)CN1[C-]N(Cc2ccccc2)C=C1. The van der Waals surface area contributed by atoms with Gasteiger partial charge in [0.15, 0.2) is 5.78 Å². The van der Waals surface area contributed by atoms with E-state index >= 15 is 0 Å². The van der Waals surface area contributed by atoms with E-state index in [4.69, 9.17) is 0 Å². The van der Waals surface area contributed by atoms with Crippen LogP contribution in [0.4, 0.5) is 0 Å². The Labute approximate surface area is 115 Å². The average Bonchev–Trinajstić information content (AvgIpc) is 2.76. The maximum Gasteiger partial charge on any atom is 0.154 e. The fourth-order valence-corrected chi connectivity index (χ4v) is 1.74. The number of nitrogens with zero attached hydrogens (tertiary/aromatic N) is 2. The van der Waals surface area contributed by atoms with Crippen LogP contribution in [0.1, 0.15) is 26.3 Å². The Balaban J connectivity index is 1.85. The molecule has 1 aliphatic rings. The number of benzene rings is 1. The Morgan fingerprint density at radius 1 is 1.11 bits per heavy atom. The van der Waals surface area contributed by atoms with Crippen molar-refractivity contribution in [1.29, 1.82) is 0 Å². The van der Waals surface area contributed by atoms with Crippen molar-refractivity contribution in [3.63, 3.8) is 0 Å². The van der Waals surface area contributed by atoms with Crippen molar-refractivity contribution in [1.82, 2.24) is 9.80 Å². The summed E-state index contributed by atoms with van der Waals surface area (Å²) in [6, 6.07) is 10.2. The molecule has 0 amide bonds. The van der Waals surface area contributed by atoms with Gasteiger partial charge < -0.3 is 9.80 Å². The molecular weight excluding hydrogens is 236 g/mol. The van der Waals surface area contributed by atoms with Crippen LogP contribution in [-0.4, -0.2) is 22.1 Å². The molecule has 1 heterocycles. The van der Waals surface area contributed by atoms with E-state index in [1.54, 1.807) is 0 Å². The van der Waals surface area contributed by atoms with Crippen molar-refractivity contribution in [3.8, 4) is 0 Å². The van der Waals surface area contributed by atoms with E-state index in [1.165, 1.54) is 5.56 Å². The van der Waals surface area contributed by atoms with E-state index in [0.29, 0.717) is 6.54 Å². The summed E-state index contributed by atoms with van der Waals surface area (Å²) >= 11 is 0.